The number of hydrogen-bond donors (Lipinski definition) is 1. The number of allylic oxidation sites excluding steroid dienone is 3. The Morgan fingerprint density at radius 2 is 1.97 bits per heavy atom. The molecule has 33 heavy (non-hydrogen) atoms. The van der Waals surface area contributed by atoms with Crippen LogP contribution in [0.4, 0.5) is 0 Å². The summed E-state index contributed by atoms with van der Waals surface area (Å²) in [6, 6.07) is 7.04. The molecule has 2 aromatic heterocycles. The summed E-state index contributed by atoms with van der Waals surface area (Å²) in [6.45, 7) is 5.55. The summed E-state index contributed by atoms with van der Waals surface area (Å²) < 4.78 is 16.2. The SMILES string of the molecule is CCOC(=O)C1=C(C)NC2=C(C(=O)[C@H](C(=O)OCC)[C@H](c3ccco3)C2)[C@@H]1c1cccnc1. The summed E-state index contributed by atoms with van der Waals surface area (Å²) in [5.74, 6) is -3.31. The highest BCUT2D eigenvalue weighted by Gasteiger charge is 2.49. The van der Waals surface area contributed by atoms with E-state index in [0.717, 1.165) is 0 Å². The normalized spacial score (nSPS) is 22.5. The minimum absolute atomic E-state index is 0.150. The van der Waals surface area contributed by atoms with Gasteiger partial charge in [-0.25, -0.2) is 4.79 Å². The fourth-order valence-electron chi connectivity index (χ4n) is 4.67. The molecule has 0 saturated heterocycles. The molecule has 0 aromatic carbocycles. The number of nitrogens with zero attached hydrogens (tertiary/aromatic N) is 1. The number of hydrogen-bond acceptors (Lipinski definition) is 8. The molecule has 0 amide bonds. The standard InChI is InChI=1S/C25H26N2O6/c1-4-31-24(29)19-14(3)27-17-12-16(18-9-7-11-33-18)21(25(30)32-5-2)23(28)22(17)20(19)15-8-6-10-26-13-15/h6-11,13,16,20-21,27H,4-5,12H2,1-3H3/t16-,20+,21+/m0/s1. The predicted molar refractivity (Wildman–Crippen MR) is 118 cm³/mol. The Morgan fingerprint density at radius 3 is 2.61 bits per heavy atom. The van der Waals surface area contributed by atoms with Gasteiger partial charge in [0, 0.05) is 41.2 Å². The van der Waals surface area contributed by atoms with E-state index in [0.29, 0.717) is 40.3 Å². The number of furan rings is 1. The van der Waals surface area contributed by atoms with Gasteiger partial charge in [0.25, 0.3) is 0 Å². The van der Waals surface area contributed by atoms with E-state index in [9.17, 15) is 14.4 Å². The first-order chi connectivity index (χ1) is 16.0. The Balaban J connectivity index is 1.87. The van der Waals surface area contributed by atoms with Crippen LogP contribution in [0, 0.1) is 5.92 Å². The highest BCUT2D eigenvalue weighted by atomic mass is 16.5. The lowest BCUT2D eigenvalue weighted by Gasteiger charge is -2.38. The molecule has 3 atom stereocenters. The smallest absolute Gasteiger partial charge is 0.336 e. The highest BCUT2D eigenvalue weighted by Crippen LogP contribution is 2.48. The monoisotopic (exact) mass is 450 g/mol. The molecule has 1 aliphatic carbocycles. The Hall–Kier alpha value is -3.68. The fourth-order valence-corrected chi connectivity index (χ4v) is 4.67. The Bertz CT molecular complexity index is 1120. The van der Waals surface area contributed by atoms with E-state index >= 15 is 0 Å². The van der Waals surface area contributed by atoms with Gasteiger partial charge in [-0.05, 0) is 51.0 Å². The van der Waals surface area contributed by atoms with Gasteiger partial charge in [-0.3, -0.25) is 14.6 Å². The van der Waals surface area contributed by atoms with Crippen LogP contribution in [-0.2, 0) is 23.9 Å². The molecular weight excluding hydrogens is 424 g/mol. The van der Waals surface area contributed by atoms with Crippen molar-refractivity contribution in [2.45, 2.75) is 39.0 Å². The molecule has 1 N–H and O–H groups in total. The molecule has 0 saturated carbocycles. The molecule has 4 rings (SSSR count). The number of carbonyl (C=O) groups excluding carboxylic acids is 3. The van der Waals surface area contributed by atoms with Crippen LogP contribution >= 0.6 is 0 Å². The van der Waals surface area contributed by atoms with Gasteiger partial charge in [-0.1, -0.05) is 6.07 Å². The lowest BCUT2D eigenvalue weighted by molar-refractivity contribution is -0.152. The topological polar surface area (TPSA) is 108 Å². The first kappa shape index (κ1) is 22.5. The average Bonchev–Trinajstić information content (AvgIpc) is 3.33. The van der Waals surface area contributed by atoms with E-state index in [2.05, 4.69) is 10.3 Å². The summed E-state index contributed by atoms with van der Waals surface area (Å²) in [7, 11) is 0. The van der Waals surface area contributed by atoms with Crippen LogP contribution in [0.1, 0.15) is 50.4 Å². The van der Waals surface area contributed by atoms with Crippen molar-refractivity contribution in [3.63, 3.8) is 0 Å². The van der Waals surface area contributed by atoms with Crippen molar-refractivity contribution in [3.05, 3.63) is 76.8 Å². The number of pyridine rings is 1. The largest absolute Gasteiger partial charge is 0.469 e. The maximum Gasteiger partial charge on any atom is 0.336 e. The van der Waals surface area contributed by atoms with Crippen molar-refractivity contribution in [1.82, 2.24) is 10.3 Å². The van der Waals surface area contributed by atoms with Crippen molar-refractivity contribution in [2.75, 3.05) is 13.2 Å². The van der Waals surface area contributed by atoms with Crippen LogP contribution in [-0.4, -0.2) is 35.9 Å². The second-order valence-corrected chi connectivity index (χ2v) is 7.92. The van der Waals surface area contributed by atoms with Crippen LogP contribution in [0.2, 0.25) is 0 Å². The second kappa shape index (κ2) is 9.44. The number of carbonyl (C=O) groups is 3. The van der Waals surface area contributed by atoms with Crippen LogP contribution in [0.15, 0.2) is 69.9 Å². The van der Waals surface area contributed by atoms with Crippen molar-refractivity contribution in [1.29, 1.82) is 0 Å². The van der Waals surface area contributed by atoms with E-state index in [1.807, 2.05) is 6.07 Å². The van der Waals surface area contributed by atoms with Crippen molar-refractivity contribution < 1.29 is 28.3 Å². The van der Waals surface area contributed by atoms with Gasteiger partial charge < -0.3 is 19.2 Å². The summed E-state index contributed by atoms with van der Waals surface area (Å²) >= 11 is 0. The minimum atomic E-state index is -1.09. The molecule has 0 bridgehead atoms. The van der Waals surface area contributed by atoms with E-state index in [-0.39, 0.29) is 13.2 Å². The first-order valence-corrected chi connectivity index (χ1v) is 11.0. The lowest BCUT2D eigenvalue weighted by Crippen LogP contribution is -2.43. The molecule has 0 unspecified atom stereocenters. The molecule has 172 valence electrons. The molecule has 0 spiro atoms. The number of dihydropyridines is 1. The summed E-state index contributed by atoms with van der Waals surface area (Å²) in [4.78, 5) is 44.1. The van der Waals surface area contributed by atoms with Crippen molar-refractivity contribution in [2.24, 2.45) is 5.92 Å². The molecule has 8 nitrogen and oxygen atoms in total. The van der Waals surface area contributed by atoms with Crippen LogP contribution in [0.3, 0.4) is 0 Å². The summed E-state index contributed by atoms with van der Waals surface area (Å²) in [5.41, 5.74) is 2.61. The van der Waals surface area contributed by atoms with Gasteiger partial charge in [0.2, 0.25) is 0 Å². The summed E-state index contributed by atoms with van der Waals surface area (Å²) in [5, 5.41) is 3.24. The number of nitrogens with one attached hydrogen (secondary N) is 1. The fraction of sp³-hybridized carbons (Fsp3) is 0.360. The highest BCUT2D eigenvalue weighted by molar-refractivity contribution is 6.13. The van der Waals surface area contributed by atoms with Crippen LogP contribution in [0.25, 0.3) is 0 Å². The molecule has 2 aromatic rings. The van der Waals surface area contributed by atoms with Gasteiger partial charge in [0.15, 0.2) is 5.78 Å². The Labute approximate surface area is 191 Å². The van der Waals surface area contributed by atoms with Crippen molar-refractivity contribution in [3.8, 4) is 0 Å². The van der Waals surface area contributed by atoms with E-state index in [4.69, 9.17) is 13.9 Å². The zero-order valence-corrected chi connectivity index (χ0v) is 18.8. The Kier molecular flexibility index (Phi) is 6.44. The number of aromatic nitrogens is 1. The number of esters is 2. The van der Waals surface area contributed by atoms with Gasteiger partial charge in [0.1, 0.15) is 11.7 Å². The van der Waals surface area contributed by atoms with E-state index in [1.165, 1.54) is 6.26 Å². The molecule has 2 aliphatic rings. The zero-order valence-electron chi connectivity index (χ0n) is 18.8. The minimum Gasteiger partial charge on any atom is -0.469 e. The summed E-state index contributed by atoms with van der Waals surface area (Å²) in [6.07, 6.45) is 5.11. The number of rotatable bonds is 6. The van der Waals surface area contributed by atoms with Gasteiger partial charge >= 0.3 is 11.9 Å². The zero-order chi connectivity index (χ0) is 23.5. The quantitative estimate of drug-likeness (QED) is 0.527. The molecule has 0 fully saturated rings. The third kappa shape index (κ3) is 4.08. The first-order valence-electron chi connectivity index (χ1n) is 11.0. The Morgan fingerprint density at radius 1 is 1.18 bits per heavy atom. The van der Waals surface area contributed by atoms with Gasteiger partial charge in [-0.15, -0.1) is 0 Å². The average molecular weight is 450 g/mol. The van der Waals surface area contributed by atoms with Crippen molar-refractivity contribution >= 4 is 17.7 Å². The molecule has 3 heterocycles. The number of Topliss-reactive ketones (excluding diaryl/α,β-unsaturated/α-hetero) is 1. The lowest BCUT2D eigenvalue weighted by atomic mass is 9.68. The molecule has 0 radical (unpaired) electrons. The number of ether oxygens (including phenoxy) is 2. The van der Waals surface area contributed by atoms with Crippen LogP contribution < -0.4 is 5.32 Å². The molecule has 1 aliphatic heterocycles. The second-order valence-electron chi connectivity index (χ2n) is 7.92. The van der Waals surface area contributed by atoms with Gasteiger partial charge in [0.05, 0.1) is 25.1 Å². The van der Waals surface area contributed by atoms with Gasteiger partial charge in [-0.2, -0.15) is 0 Å². The molecular formula is C25H26N2O6. The van der Waals surface area contributed by atoms with E-state index < -0.39 is 35.5 Å². The predicted octanol–water partition coefficient (Wildman–Crippen LogP) is 3.39. The maximum absolute atomic E-state index is 14.0. The maximum atomic E-state index is 14.0. The van der Waals surface area contributed by atoms with E-state index in [1.54, 1.807) is 51.4 Å². The van der Waals surface area contributed by atoms with Crippen LogP contribution in [0.5, 0.6) is 0 Å². The molecule has 8 heteroatoms. The number of ketones is 1. The third-order valence-corrected chi connectivity index (χ3v) is 5.98. The third-order valence-electron chi connectivity index (χ3n) is 5.98.